The molecule has 128 valence electrons. The van der Waals surface area contributed by atoms with E-state index in [2.05, 4.69) is 18.2 Å². The number of benzene rings is 4. The van der Waals surface area contributed by atoms with E-state index >= 15 is 0 Å². The Morgan fingerprint density at radius 1 is 0.593 bits per heavy atom. The molecule has 6 rings (SSSR count). The first-order valence-corrected chi connectivity index (χ1v) is 9.19. The van der Waals surface area contributed by atoms with E-state index < -0.39 is 0 Å². The molecule has 0 aliphatic carbocycles. The van der Waals surface area contributed by atoms with Crippen LogP contribution in [0.1, 0.15) is 0 Å². The van der Waals surface area contributed by atoms with Crippen molar-refractivity contribution in [3.05, 3.63) is 83.9 Å². The Kier molecular flexibility index (Phi) is 2.97. The Labute approximate surface area is 159 Å². The number of rotatable bonds is 1. The van der Waals surface area contributed by atoms with Crippen molar-refractivity contribution in [3.8, 4) is 11.1 Å². The summed E-state index contributed by atoms with van der Waals surface area (Å²) in [5.74, 6) is 0. The molecule has 2 aromatic heterocycles. The third-order valence-corrected chi connectivity index (χ3v) is 5.34. The fourth-order valence-corrected chi connectivity index (χ4v) is 4.20. The van der Waals surface area contributed by atoms with Crippen LogP contribution in [0.5, 0.6) is 0 Å². The molecular formula is C24H13ClO2. The topological polar surface area (TPSA) is 26.3 Å². The number of fused-ring (bicyclic) bond motifs is 7. The van der Waals surface area contributed by atoms with Gasteiger partial charge in [-0.2, -0.15) is 0 Å². The Balaban J connectivity index is 1.85. The molecule has 0 saturated carbocycles. The summed E-state index contributed by atoms with van der Waals surface area (Å²) in [5, 5.41) is 4.90. The highest BCUT2D eigenvalue weighted by Gasteiger charge is 2.18. The first kappa shape index (κ1) is 14.9. The van der Waals surface area contributed by atoms with Crippen LogP contribution in [-0.2, 0) is 0 Å². The lowest BCUT2D eigenvalue weighted by atomic mass is 10.0. The molecule has 6 aromatic rings. The first-order chi connectivity index (χ1) is 13.3. The zero-order valence-corrected chi connectivity index (χ0v) is 15.0. The smallest absolute Gasteiger partial charge is 0.143 e. The standard InChI is InChI=1S/C24H13ClO2/c25-15-12-17(14-6-2-1-3-7-14)24-18(13-15)23-21(27-24)11-10-20-22(23)16-8-4-5-9-19(16)26-20/h1-13H. The Bertz CT molecular complexity index is 1470. The Morgan fingerprint density at radius 2 is 1.30 bits per heavy atom. The van der Waals surface area contributed by atoms with Gasteiger partial charge in [-0.05, 0) is 35.9 Å². The number of halogens is 1. The summed E-state index contributed by atoms with van der Waals surface area (Å²) in [7, 11) is 0. The van der Waals surface area contributed by atoms with Crippen molar-refractivity contribution in [2.24, 2.45) is 0 Å². The quantitative estimate of drug-likeness (QED) is 0.296. The van der Waals surface area contributed by atoms with Gasteiger partial charge in [-0.3, -0.25) is 0 Å². The second-order valence-electron chi connectivity index (χ2n) is 6.71. The highest BCUT2D eigenvalue weighted by atomic mass is 35.5. The molecule has 0 bridgehead atoms. The molecule has 0 fully saturated rings. The van der Waals surface area contributed by atoms with Crippen LogP contribution < -0.4 is 0 Å². The number of hydrogen-bond acceptors (Lipinski definition) is 2. The van der Waals surface area contributed by atoms with E-state index in [9.17, 15) is 0 Å². The maximum absolute atomic E-state index is 6.51. The van der Waals surface area contributed by atoms with Crippen LogP contribution in [0.25, 0.3) is 55.0 Å². The SMILES string of the molecule is Clc1cc(-c2ccccc2)c2oc3ccc4oc5ccccc5c4c3c2c1. The van der Waals surface area contributed by atoms with E-state index in [4.69, 9.17) is 20.4 Å². The van der Waals surface area contributed by atoms with Gasteiger partial charge in [-0.1, -0.05) is 60.1 Å². The van der Waals surface area contributed by atoms with Crippen LogP contribution in [0.3, 0.4) is 0 Å². The van der Waals surface area contributed by atoms with Gasteiger partial charge in [0.2, 0.25) is 0 Å². The fraction of sp³-hybridized carbons (Fsp3) is 0. The summed E-state index contributed by atoms with van der Waals surface area (Å²) in [6, 6.07) is 26.2. The molecule has 0 amide bonds. The average molecular weight is 369 g/mol. The van der Waals surface area contributed by atoms with Gasteiger partial charge in [0.15, 0.2) is 0 Å². The predicted octanol–water partition coefficient (Wildman–Crippen LogP) is 7.81. The zero-order valence-electron chi connectivity index (χ0n) is 14.2. The second kappa shape index (κ2) is 5.38. The van der Waals surface area contributed by atoms with E-state index in [1.807, 2.05) is 60.7 Å². The Morgan fingerprint density at radius 3 is 2.15 bits per heavy atom. The molecule has 0 aliphatic rings. The third kappa shape index (κ3) is 2.08. The first-order valence-electron chi connectivity index (χ1n) is 8.81. The molecule has 0 saturated heterocycles. The normalized spacial score (nSPS) is 11.9. The zero-order chi connectivity index (χ0) is 18.0. The van der Waals surface area contributed by atoms with Gasteiger partial charge in [0.25, 0.3) is 0 Å². The second-order valence-corrected chi connectivity index (χ2v) is 7.14. The van der Waals surface area contributed by atoms with Crippen molar-refractivity contribution in [1.82, 2.24) is 0 Å². The minimum atomic E-state index is 0.689. The molecule has 4 aromatic carbocycles. The van der Waals surface area contributed by atoms with Gasteiger partial charge in [-0.15, -0.1) is 0 Å². The molecule has 2 nitrogen and oxygen atoms in total. The van der Waals surface area contributed by atoms with Gasteiger partial charge in [-0.25, -0.2) is 0 Å². The third-order valence-electron chi connectivity index (χ3n) is 5.13. The minimum Gasteiger partial charge on any atom is -0.456 e. The molecule has 3 heteroatoms. The van der Waals surface area contributed by atoms with Crippen LogP contribution in [0.4, 0.5) is 0 Å². The summed E-state index contributed by atoms with van der Waals surface area (Å²) < 4.78 is 12.4. The van der Waals surface area contributed by atoms with Gasteiger partial charge >= 0.3 is 0 Å². The molecule has 0 unspecified atom stereocenters. The van der Waals surface area contributed by atoms with Crippen LogP contribution in [-0.4, -0.2) is 0 Å². The summed E-state index contributed by atoms with van der Waals surface area (Å²) >= 11 is 6.51. The van der Waals surface area contributed by atoms with Crippen molar-refractivity contribution >= 4 is 55.5 Å². The predicted molar refractivity (Wildman–Crippen MR) is 111 cm³/mol. The molecule has 0 spiro atoms. The monoisotopic (exact) mass is 368 g/mol. The number of furan rings is 2. The van der Waals surface area contributed by atoms with E-state index in [1.165, 1.54) is 0 Å². The van der Waals surface area contributed by atoms with E-state index in [-0.39, 0.29) is 0 Å². The lowest BCUT2D eigenvalue weighted by molar-refractivity contribution is 0.663. The van der Waals surface area contributed by atoms with Gasteiger partial charge < -0.3 is 8.83 Å². The summed E-state index contributed by atoms with van der Waals surface area (Å²) in [4.78, 5) is 0. The minimum absolute atomic E-state index is 0.689. The van der Waals surface area contributed by atoms with Crippen molar-refractivity contribution in [2.45, 2.75) is 0 Å². The van der Waals surface area contributed by atoms with Gasteiger partial charge in [0.05, 0.1) is 0 Å². The van der Waals surface area contributed by atoms with Crippen LogP contribution in [0.2, 0.25) is 5.02 Å². The van der Waals surface area contributed by atoms with Crippen LogP contribution in [0, 0.1) is 0 Å². The van der Waals surface area contributed by atoms with E-state index in [0.29, 0.717) is 5.02 Å². The molecule has 0 radical (unpaired) electrons. The highest BCUT2D eigenvalue weighted by Crippen LogP contribution is 2.43. The number of para-hydroxylation sites is 1. The largest absolute Gasteiger partial charge is 0.456 e. The molecule has 0 aliphatic heterocycles. The highest BCUT2D eigenvalue weighted by molar-refractivity contribution is 6.34. The lowest BCUT2D eigenvalue weighted by Crippen LogP contribution is -1.79. The van der Waals surface area contributed by atoms with Gasteiger partial charge in [0, 0.05) is 32.1 Å². The maximum Gasteiger partial charge on any atom is 0.143 e. The summed E-state index contributed by atoms with van der Waals surface area (Å²) in [6.45, 7) is 0. The lowest BCUT2D eigenvalue weighted by Gasteiger charge is -2.03. The molecule has 2 heterocycles. The Hall–Kier alpha value is -3.23. The summed E-state index contributed by atoms with van der Waals surface area (Å²) in [5.41, 5.74) is 5.49. The van der Waals surface area contributed by atoms with Gasteiger partial charge in [0.1, 0.15) is 22.3 Å². The molecular weight excluding hydrogens is 356 g/mol. The fourth-order valence-electron chi connectivity index (χ4n) is 3.98. The molecule has 0 atom stereocenters. The molecule has 27 heavy (non-hydrogen) atoms. The van der Waals surface area contributed by atoms with Crippen molar-refractivity contribution < 1.29 is 8.83 Å². The van der Waals surface area contributed by atoms with E-state index in [0.717, 1.165) is 55.0 Å². The van der Waals surface area contributed by atoms with Crippen LogP contribution >= 0.6 is 11.6 Å². The van der Waals surface area contributed by atoms with Crippen molar-refractivity contribution in [1.29, 1.82) is 0 Å². The van der Waals surface area contributed by atoms with Crippen molar-refractivity contribution in [2.75, 3.05) is 0 Å². The van der Waals surface area contributed by atoms with Crippen molar-refractivity contribution in [3.63, 3.8) is 0 Å². The summed E-state index contributed by atoms with van der Waals surface area (Å²) in [6.07, 6.45) is 0. The van der Waals surface area contributed by atoms with E-state index in [1.54, 1.807) is 0 Å². The maximum atomic E-state index is 6.51. The molecule has 0 N–H and O–H groups in total. The van der Waals surface area contributed by atoms with Crippen LogP contribution in [0.15, 0.2) is 87.7 Å². The number of hydrogen-bond donors (Lipinski definition) is 0. The average Bonchev–Trinajstić information content (AvgIpc) is 3.25.